The maximum Gasteiger partial charge on any atom is 0.179 e. The summed E-state index contributed by atoms with van der Waals surface area (Å²) in [5.41, 5.74) is 2.11. The van der Waals surface area contributed by atoms with E-state index in [0.717, 1.165) is 11.1 Å². The average molecular weight is 310 g/mol. The van der Waals surface area contributed by atoms with E-state index in [9.17, 15) is 4.39 Å². The lowest BCUT2D eigenvalue weighted by Crippen LogP contribution is -2.03. The Balaban J connectivity index is 2.20. The molecule has 0 saturated heterocycles. The molecule has 0 heterocycles. The second-order valence-electron chi connectivity index (χ2n) is 4.61. The van der Waals surface area contributed by atoms with Crippen molar-refractivity contribution in [2.24, 2.45) is 0 Å². The van der Waals surface area contributed by atoms with E-state index in [1.807, 2.05) is 19.1 Å². The Labute approximate surface area is 128 Å². The Hall–Kier alpha value is -1.94. The molecule has 0 amide bonds. The molecule has 0 fully saturated rings. The summed E-state index contributed by atoms with van der Waals surface area (Å²) in [5.74, 6) is 0.752. The number of anilines is 1. The van der Waals surface area contributed by atoms with Crippen LogP contribution in [0.4, 0.5) is 10.1 Å². The highest BCUT2D eigenvalue weighted by molar-refractivity contribution is 6.33. The number of nitrogens with one attached hydrogen (secondary N) is 1. The van der Waals surface area contributed by atoms with Crippen LogP contribution in [0.25, 0.3) is 0 Å². The van der Waals surface area contributed by atoms with Crippen molar-refractivity contribution in [2.75, 3.05) is 19.5 Å². The fraction of sp³-hybridized carbons (Fsp3) is 0.250. The van der Waals surface area contributed by atoms with Crippen LogP contribution in [0, 0.1) is 12.7 Å². The molecule has 0 aliphatic heterocycles. The molecule has 112 valence electrons. The van der Waals surface area contributed by atoms with Crippen LogP contribution in [-0.2, 0) is 6.54 Å². The van der Waals surface area contributed by atoms with E-state index in [0.29, 0.717) is 28.8 Å². The van der Waals surface area contributed by atoms with E-state index >= 15 is 0 Å². The zero-order valence-corrected chi connectivity index (χ0v) is 12.9. The molecular weight excluding hydrogens is 293 g/mol. The second kappa shape index (κ2) is 6.68. The number of methoxy groups -OCH3 is 2. The fourth-order valence-electron chi connectivity index (χ4n) is 2.02. The predicted octanol–water partition coefficient (Wildman–Crippen LogP) is 4.42. The molecule has 0 aromatic heterocycles. The van der Waals surface area contributed by atoms with Gasteiger partial charge in [-0.25, -0.2) is 4.39 Å². The molecule has 0 saturated carbocycles. The third-order valence-electron chi connectivity index (χ3n) is 3.16. The van der Waals surface area contributed by atoms with Crippen LogP contribution in [0.15, 0.2) is 30.3 Å². The van der Waals surface area contributed by atoms with Crippen molar-refractivity contribution < 1.29 is 13.9 Å². The van der Waals surface area contributed by atoms with Gasteiger partial charge >= 0.3 is 0 Å². The van der Waals surface area contributed by atoms with Gasteiger partial charge in [-0.15, -0.1) is 0 Å². The topological polar surface area (TPSA) is 30.5 Å². The molecule has 21 heavy (non-hydrogen) atoms. The predicted molar refractivity (Wildman–Crippen MR) is 83.0 cm³/mol. The molecule has 0 radical (unpaired) electrons. The Morgan fingerprint density at radius 1 is 1.14 bits per heavy atom. The van der Waals surface area contributed by atoms with Crippen LogP contribution in [0.5, 0.6) is 11.5 Å². The zero-order chi connectivity index (χ0) is 15.4. The molecular formula is C16H17ClFNO2. The van der Waals surface area contributed by atoms with Crippen LogP contribution in [0.2, 0.25) is 5.02 Å². The van der Waals surface area contributed by atoms with Crippen molar-refractivity contribution in [3.05, 3.63) is 52.3 Å². The summed E-state index contributed by atoms with van der Waals surface area (Å²) in [6.07, 6.45) is 0. The van der Waals surface area contributed by atoms with Gasteiger partial charge in [-0.3, -0.25) is 0 Å². The quantitative estimate of drug-likeness (QED) is 0.887. The van der Waals surface area contributed by atoms with Crippen LogP contribution in [-0.4, -0.2) is 14.2 Å². The Morgan fingerprint density at radius 3 is 2.52 bits per heavy atom. The number of hydrogen-bond donors (Lipinski definition) is 1. The van der Waals surface area contributed by atoms with Gasteiger partial charge in [0.05, 0.1) is 24.9 Å². The lowest BCUT2D eigenvalue weighted by Gasteiger charge is -2.14. The van der Waals surface area contributed by atoms with Gasteiger partial charge in [0.15, 0.2) is 11.5 Å². The standard InChI is InChI=1S/C16H17ClFNO2/c1-10-4-6-13(12(18)8-10)19-9-11-5-7-14(20-2)16(21-3)15(11)17/h4-8,19H,9H2,1-3H3. The number of benzene rings is 2. The maximum atomic E-state index is 13.8. The van der Waals surface area contributed by atoms with Crippen molar-refractivity contribution in [3.8, 4) is 11.5 Å². The molecule has 0 atom stereocenters. The summed E-state index contributed by atoms with van der Waals surface area (Å²) < 4.78 is 24.2. The van der Waals surface area contributed by atoms with Crippen LogP contribution < -0.4 is 14.8 Å². The molecule has 0 spiro atoms. The molecule has 0 bridgehead atoms. The van der Waals surface area contributed by atoms with E-state index in [4.69, 9.17) is 21.1 Å². The van der Waals surface area contributed by atoms with Crippen molar-refractivity contribution in [2.45, 2.75) is 13.5 Å². The zero-order valence-electron chi connectivity index (χ0n) is 12.2. The van der Waals surface area contributed by atoms with Gasteiger partial charge in [0, 0.05) is 6.54 Å². The Kier molecular flexibility index (Phi) is 4.91. The third kappa shape index (κ3) is 3.39. The summed E-state index contributed by atoms with van der Waals surface area (Å²) in [4.78, 5) is 0. The summed E-state index contributed by atoms with van der Waals surface area (Å²) in [6, 6.07) is 8.63. The normalized spacial score (nSPS) is 10.3. The third-order valence-corrected chi connectivity index (χ3v) is 3.57. The first-order valence-electron chi connectivity index (χ1n) is 6.46. The Morgan fingerprint density at radius 2 is 1.90 bits per heavy atom. The minimum Gasteiger partial charge on any atom is -0.493 e. The number of rotatable bonds is 5. The number of hydrogen-bond acceptors (Lipinski definition) is 3. The molecule has 3 nitrogen and oxygen atoms in total. The van der Waals surface area contributed by atoms with Crippen molar-refractivity contribution in [3.63, 3.8) is 0 Å². The molecule has 5 heteroatoms. The lowest BCUT2D eigenvalue weighted by atomic mass is 10.1. The number of halogens is 2. The van der Waals surface area contributed by atoms with Crippen LogP contribution in [0.3, 0.4) is 0 Å². The highest BCUT2D eigenvalue weighted by Gasteiger charge is 2.13. The van der Waals surface area contributed by atoms with Crippen molar-refractivity contribution in [1.29, 1.82) is 0 Å². The molecule has 2 rings (SSSR count). The van der Waals surface area contributed by atoms with Gasteiger partial charge in [-0.2, -0.15) is 0 Å². The average Bonchev–Trinajstić information content (AvgIpc) is 2.47. The first kappa shape index (κ1) is 15.4. The van der Waals surface area contributed by atoms with Crippen LogP contribution in [0.1, 0.15) is 11.1 Å². The summed E-state index contributed by atoms with van der Waals surface area (Å²) in [5, 5.41) is 3.49. The molecule has 1 N–H and O–H groups in total. The van der Waals surface area contributed by atoms with Gasteiger partial charge in [-0.1, -0.05) is 23.7 Å². The van der Waals surface area contributed by atoms with E-state index < -0.39 is 0 Å². The number of ether oxygens (including phenoxy) is 2. The Bertz CT molecular complexity index is 646. The summed E-state index contributed by atoms with van der Waals surface area (Å²) >= 11 is 6.29. The fourth-order valence-corrected chi connectivity index (χ4v) is 2.32. The maximum absolute atomic E-state index is 13.8. The minimum atomic E-state index is -0.286. The lowest BCUT2D eigenvalue weighted by molar-refractivity contribution is 0.355. The minimum absolute atomic E-state index is 0.286. The number of aryl methyl sites for hydroxylation is 1. The summed E-state index contributed by atoms with van der Waals surface area (Å²) in [6.45, 7) is 2.23. The van der Waals surface area contributed by atoms with Crippen LogP contribution >= 0.6 is 11.6 Å². The monoisotopic (exact) mass is 309 g/mol. The van der Waals surface area contributed by atoms with Gasteiger partial charge in [0.25, 0.3) is 0 Å². The first-order chi connectivity index (χ1) is 10.1. The smallest absolute Gasteiger partial charge is 0.179 e. The largest absolute Gasteiger partial charge is 0.493 e. The second-order valence-corrected chi connectivity index (χ2v) is 4.99. The summed E-state index contributed by atoms with van der Waals surface area (Å²) in [7, 11) is 3.08. The van der Waals surface area contributed by atoms with Gasteiger partial charge in [0.2, 0.25) is 0 Å². The SMILES string of the molecule is COc1ccc(CNc2ccc(C)cc2F)c(Cl)c1OC. The van der Waals surface area contributed by atoms with Gasteiger partial charge < -0.3 is 14.8 Å². The van der Waals surface area contributed by atoms with Crippen molar-refractivity contribution in [1.82, 2.24) is 0 Å². The molecule has 2 aromatic carbocycles. The van der Waals surface area contributed by atoms with E-state index in [1.165, 1.54) is 13.2 Å². The van der Waals surface area contributed by atoms with Crippen molar-refractivity contribution >= 4 is 17.3 Å². The van der Waals surface area contributed by atoms with E-state index in [2.05, 4.69) is 5.32 Å². The molecule has 0 aliphatic rings. The molecule has 0 aliphatic carbocycles. The molecule has 0 unspecified atom stereocenters. The van der Waals surface area contributed by atoms with Gasteiger partial charge in [-0.05, 0) is 36.2 Å². The highest BCUT2D eigenvalue weighted by Crippen LogP contribution is 2.37. The van der Waals surface area contributed by atoms with E-state index in [1.54, 1.807) is 19.2 Å². The van der Waals surface area contributed by atoms with E-state index in [-0.39, 0.29) is 5.82 Å². The highest BCUT2D eigenvalue weighted by atomic mass is 35.5. The molecule has 2 aromatic rings. The van der Waals surface area contributed by atoms with Gasteiger partial charge in [0.1, 0.15) is 5.82 Å². The first-order valence-corrected chi connectivity index (χ1v) is 6.84.